The lowest BCUT2D eigenvalue weighted by Crippen LogP contribution is -2.40. The molecule has 1 aromatic rings. The van der Waals surface area contributed by atoms with E-state index in [4.69, 9.17) is 9.47 Å². The van der Waals surface area contributed by atoms with Crippen molar-refractivity contribution >= 4 is 11.8 Å². The molecule has 0 bridgehead atoms. The first-order valence-electron chi connectivity index (χ1n) is 7.01. The van der Waals surface area contributed by atoms with E-state index >= 15 is 0 Å². The Morgan fingerprint density at radius 1 is 1.14 bits per heavy atom. The molecular weight excluding hydrogens is 272 g/mol. The zero-order valence-electron chi connectivity index (χ0n) is 12.3. The van der Waals surface area contributed by atoms with E-state index in [9.17, 15) is 9.59 Å². The zero-order valence-corrected chi connectivity index (χ0v) is 12.3. The van der Waals surface area contributed by atoms with E-state index in [1.807, 2.05) is 6.07 Å². The van der Waals surface area contributed by atoms with Crippen molar-refractivity contribution < 1.29 is 19.1 Å². The summed E-state index contributed by atoms with van der Waals surface area (Å²) in [6, 6.07) is 5.40. The van der Waals surface area contributed by atoms with Crippen LogP contribution >= 0.6 is 0 Å². The predicted octanol–water partition coefficient (Wildman–Crippen LogP) is 1.19. The van der Waals surface area contributed by atoms with Crippen LogP contribution in [0, 0.1) is 5.92 Å². The van der Waals surface area contributed by atoms with Gasteiger partial charge in [0.15, 0.2) is 11.5 Å². The van der Waals surface area contributed by atoms with Crippen LogP contribution in [-0.2, 0) is 16.1 Å². The smallest absolute Gasteiger partial charge is 0.309 e. The Labute approximate surface area is 123 Å². The molecule has 0 saturated carbocycles. The Bertz CT molecular complexity index is 528. The second-order valence-electron chi connectivity index (χ2n) is 5.31. The SMILES string of the molecule is CC(C)CCNC(=O)C(=O)NCc1ccc2c(c1)OCO2. The molecule has 0 aromatic heterocycles. The van der Waals surface area contributed by atoms with E-state index in [0.717, 1.165) is 12.0 Å². The van der Waals surface area contributed by atoms with Crippen LogP contribution < -0.4 is 20.1 Å². The van der Waals surface area contributed by atoms with Gasteiger partial charge in [-0.1, -0.05) is 19.9 Å². The summed E-state index contributed by atoms with van der Waals surface area (Å²) >= 11 is 0. The topological polar surface area (TPSA) is 76.7 Å². The second-order valence-corrected chi connectivity index (χ2v) is 5.31. The summed E-state index contributed by atoms with van der Waals surface area (Å²) in [5, 5.41) is 5.18. The fourth-order valence-corrected chi connectivity index (χ4v) is 1.87. The van der Waals surface area contributed by atoms with E-state index in [2.05, 4.69) is 24.5 Å². The minimum atomic E-state index is -0.628. The molecule has 1 aliphatic heterocycles. The summed E-state index contributed by atoms with van der Waals surface area (Å²) in [5.41, 5.74) is 0.850. The highest BCUT2D eigenvalue weighted by atomic mass is 16.7. The van der Waals surface area contributed by atoms with Gasteiger partial charge >= 0.3 is 11.8 Å². The van der Waals surface area contributed by atoms with Crippen molar-refractivity contribution in [2.45, 2.75) is 26.8 Å². The lowest BCUT2D eigenvalue weighted by molar-refractivity contribution is -0.139. The molecule has 0 spiro atoms. The Hall–Kier alpha value is -2.24. The lowest BCUT2D eigenvalue weighted by Gasteiger charge is -2.08. The van der Waals surface area contributed by atoms with Crippen LogP contribution in [-0.4, -0.2) is 25.2 Å². The number of rotatable bonds is 5. The highest BCUT2D eigenvalue weighted by Gasteiger charge is 2.15. The number of hydrogen-bond donors (Lipinski definition) is 2. The highest BCUT2D eigenvalue weighted by molar-refractivity contribution is 6.35. The van der Waals surface area contributed by atoms with Gasteiger partial charge in [-0.2, -0.15) is 0 Å². The monoisotopic (exact) mass is 292 g/mol. The number of hydrogen-bond acceptors (Lipinski definition) is 4. The maximum absolute atomic E-state index is 11.6. The molecule has 1 aliphatic rings. The van der Waals surface area contributed by atoms with Crippen molar-refractivity contribution in [3.8, 4) is 11.5 Å². The summed E-state index contributed by atoms with van der Waals surface area (Å²) in [7, 11) is 0. The van der Waals surface area contributed by atoms with Crippen LogP contribution in [0.5, 0.6) is 11.5 Å². The van der Waals surface area contributed by atoms with Gasteiger partial charge in [-0.25, -0.2) is 0 Å². The van der Waals surface area contributed by atoms with Gasteiger partial charge in [0.2, 0.25) is 6.79 Å². The lowest BCUT2D eigenvalue weighted by atomic mass is 10.1. The fraction of sp³-hybridized carbons (Fsp3) is 0.467. The Morgan fingerprint density at radius 3 is 2.62 bits per heavy atom. The predicted molar refractivity (Wildman–Crippen MR) is 76.9 cm³/mol. The molecule has 6 nitrogen and oxygen atoms in total. The van der Waals surface area contributed by atoms with Crippen LogP contribution in [0.2, 0.25) is 0 Å². The van der Waals surface area contributed by atoms with Crippen molar-refractivity contribution in [2.75, 3.05) is 13.3 Å². The second kappa shape index (κ2) is 6.97. The summed E-state index contributed by atoms with van der Waals surface area (Å²) in [5.74, 6) is 0.606. The fourth-order valence-electron chi connectivity index (χ4n) is 1.87. The average molecular weight is 292 g/mol. The normalized spacial score (nSPS) is 12.3. The molecule has 2 N–H and O–H groups in total. The molecule has 1 aromatic carbocycles. The van der Waals surface area contributed by atoms with Gasteiger partial charge in [-0.05, 0) is 30.0 Å². The van der Waals surface area contributed by atoms with Crippen molar-refractivity contribution in [2.24, 2.45) is 5.92 Å². The minimum Gasteiger partial charge on any atom is -0.454 e. The van der Waals surface area contributed by atoms with Gasteiger partial charge < -0.3 is 20.1 Å². The number of nitrogens with one attached hydrogen (secondary N) is 2. The Balaban J connectivity index is 1.77. The van der Waals surface area contributed by atoms with Crippen LogP contribution in [0.1, 0.15) is 25.8 Å². The van der Waals surface area contributed by atoms with Crippen molar-refractivity contribution in [1.29, 1.82) is 0 Å². The third-order valence-electron chi connectivity index (χ3n) is 3.10. The summed E-state index contributed by atoms with van der Waals surface area (Å²) in [6.45, 7) is 5.11. The Morgan fingerprint density at radius 2 is 1.86 bits per heavy atom. The molecule has 0 atom stereocenters. The highest BCUT2D eigenvalue weighted by Crippen LogP contribution is 2.32. The van der Waals surface area contributed by atoms with Crippen molar-refractivity contribution in [1.82, 2.24) is 10.6 Å². The standard InChI is InChI=1S/C15H20N2O4/c1-10(2)5-6-16-14(18)15(19)17-8-11-3-4-12-13(7-11)21-9-20-12/h3-4,7,10H,5-6,8-9H2,1-2H3,(H,16,18)(H,17,19). The number of benzene rings is 1. The largest absolute Gasteiger partial charge is 0.454 e. The van der Waals surface area contributed by atoms with E-state index in [1.165, 1.54) is 0 Å². The third-order valence-corrected chi connectivity index (χ3v) is 3.10. The molecule has 1 heterocycles. The molecule has 6 heteroatoms. The summed E-state index contributed by atoms with van der Waals surface area (Å²) in [6.07, 6.45) is 0.848. The average Bonchev–Trinajstić information content (AvgIpc) is 2.91. The number of fused-ring (bicyclic) bond motifs is 1. The molecule has 2 rings (SSSR count). The van der Waals surface area contributed by atoms with Gasteiger partial charge in [0.25, 0.3) is 0 Å². The molecule has 114 valence electrons. The van der Waals surface area contributed by atoms with Crippen molar-refractivity contribution in [3.63, 3.8) is 0 Å². The maximum atomic E-state index is 11.6. The molecular formula is C15H20N2O4. The molecule has 0 aliphatic carbocycles. The van der Waals surface area contributed by atoms with Gasteiger partial charge in [-0.3, -0.25) is 9.59 Å². The molecule has 0 fully saturated rings. The zero-order chi connectivity index (χ0) is 15.2. The first-order valence-corrected chi connectivity index (χ1v) is 7.01. The summed E-state index contributed by atoms with van der Waals surface area (Å²) < 4.78 is 10.5. The van der Waals surface area contributed by atoms with Crippen molar-refractivity contribution in [3.05, 3.63) is 23.8 Å². The van der Waals surface area contributed by atoms with E-state index in [0.29, 0.717) is 24.0 Å². The summed E-state index contributed by atoms with van der Waals surface area (Å²) in [4.78, 5) is 23.2. The molecule has 0 saturated heterocycles. The van der Waals surface area contributed by atoms with E-state index in [-0.39, 0.29) is 13.3 Å². The maximum Gasteiger partial charge on any atom is 0.309 e. The van der Waals surface area contributed by atoms with Gasteiger partial charge in [0.05, 0.1) is 0 Å². The Kier molecular flexibility index (Phi) is 5.03. The number of carbonyl (C=O) groups is 2. The number of ether oxygens (including phenoxy) is 2. The first-order chi connectivity index (χ1) is 10.1. The van der Waals surface area contributed by atoms with Crippen LogP contribution in [0.25, 0.3) is 0 Å². The number of carbonyl (C=O) groups excluding carboxylic acids is 2. The molecule has 0 unspecified atom stereocenters. The van der Waals surface area contributed by atoms with E-state index < -0.39 is 11.8 Å². The molecule has 21 heavy (non-hydrogen) atoms. The quantitative estimate of drug-likeness (QED) is 0.799. The van der Waals surface area contributed by atoms with Gasteiger partial charge in [-0.15, -0.1) is 0 Å². The molecule has 0 radical (unpaired) electrons. The van der Waals surface area contributed by atoms with Crippen LogP contribution in [0.4, 0.5) is 0 Å². The minimum absolute atomic E-state index is 0.212. The number of amides is 2. The van der Waals surface area contributed by atoms with E-state index in [1.54, 1.807) is 12.1 Å². The third kappa shape index (κ3) is 4.37. The van der Waals surface area contributed by atoms with Crippen LogP contribution in [0.15, 0.2) is 18.2 Å². The first kappa shape index (κ1) is 15.2. The molecule has 2 amide bonds. The van der Waals surface area contributed by atoms with Crippen LogP contribution in [0.3, 0.4) is 0 Å². The van der Waals surface area contributed by atoms with Gasteiger partial charge in [0.1, 0.15) is 0 Å². The van der Waals surface area contributed by atoms with Gasteiger partial charge in [0, 0.05) is 13.1 Å².